The molecule has 2 aliphatic heterocycles. The van der Waals surface area contributed by atoms with Crippen LogP contribution in [0.4, 0.5) is 4.79 Å². The number of hydrogen-bond acceptors (Lipinski definition) is 5. The first-order valence-corrected chi connectivity index (χ1v) is 7.45. The highest BCUT2D eigenvalue weighted by atomic mass is 16.5. The highest BCUT2D eigenvalue weighted by Gasteiger charge is 2.43. The average Bonchev–Trinajstić information content (AvgIpc) is 2.54. The van der Waals surface area contributed by atoms with Crippen molar-refractivity contribution >= 4 is 12.0 Å². The van der Waals surface area contributed by atoms with Gasteiger partial charge in [0.05, 0.1) is 19.1 Å². The van der Waals surface area contributed by atoms with Gasteiger partial charge in [0.25, 0.3) is 0 Å². The molecule has 0 radical (unpaired) electrons. The molecule has 2 heterocycles. The van der Waals surface area contributed by atoms with Crippen LogP contribution in [0.3, 0.4) is 0 Å². The van der Waals surface area contributed by atoms with E-state index in [1.807, 2.05) is 4.90 Å². The van der Waals surface area contributed by atoms with Crippen LogP contribution < -0.4 is 5.32 Å². The van der Waals surface area contributed by atoms with Gasteiger partial charge in [0.15, 0.2) is 0 Å². The molecule has 2 saturated heterocycles. The third-order valence-electron chi connectivity index (χ3n) is 4.43. The fourth-order valence-electron chi connectivity index (χ4n) is 3.16. The third kappa shape index (κ3) is 3.47. The SMILES string of the molecule is COCC1(C(=O)N2CCN(C(=O)OC)CC2)CCNCC1. The number of carbonyl (C=O) groups excluding carboxylic acids is 2. The Morgan fingerprint density at radius 1 is 1.05 bits per heavy atom. The summed E-state index contributed by atoms with van der Waals surface area (Å²) >= 11 is 0. The molecule has 0 saturated carbocycles. The first kappa shape index (κ1) is 16.0. The number of carbonyl (C=O) groups is 2. The molecular weight excluding hydrogens is 274 g/mol. The summed E-state index contributed by atoms with van der Waals surface area (Å²) in [6, 6.07) is 0. The molecule has 2 fully saturated rings. The maximum absolute atomic E-state index is 12.9. The number of piperazine rings is 1. The molecule has 2 amide bonds. The minimum absolute atomic E-state index is 0.162. The van der Waals surface area contributed by atoms with Crippen molar-refractivity contribution in [2.24, 2.45) is 5.41 Å². The van der Waals surface area contributed by atoms with E-state index in [4.69, 9.17) is 9.47 Å². The monoisotopic (exact) mass is 299 g/mol. The van der Waals surface area contributed by atoms with Gasteiger partial charge < -0.3 is 24.6 Å². The fraction of sp³-hybridized carbons (Fsp3) is 0.857. The standard InChI is InChI=1S/C14H25N3O4/c1-20-11-14(3-5-15-6-4-14)12(18)16-7-9-17(10-8-16)13(19)21-2/h15H,3-11H2,1-2H3. The average molecular weight is 299 g/mol. The first-order valence-electron chi connectivity index (χ1n) is 7.45. The molecule has 0 aromatic heterocycles. The van der Waals surface area contributed by atoms with Crippen LogP contribution in [-0.4, -0.2) is 81.9 Å². The summed E-state index contributed by atoms with van der Waals surface area (Å²) in [6.45, 7) is 4.33. The molecular formula is C14H25N3O4. The second kappa shape index (κ2) is 7.09. The van der Waals surface area contributed by atoms with Crippen molar-refractivity contribution in [2.75, 3.05) is 60.1 Å². The van der Waals surface area contributed by atoms with E-state index in [9.17, 15) is 9.59 Å². The molecule has 0 atom stereocenters. The van der Waals surface area contributed by atoms with Crippen LogP contribution in [0.2, 0.25) is 0 Å². The van der Waals surface area contributed by atoms with Crippen LogP contribution in [0, 0.1) is 5.41 Å². The van der Waals surface area contributed by atoms with Gasteiger partial charge in [0.1, 0.15) is 0 Å². The third-order valence-corrected chi connectivity index (χ3v) is 4.43. The van der Waals surface area contributed by atoms with Crippen LogP contribution in [-0.2, 0) is 14.3 Å². The van der Waals surface area contributed by atoms with Gasteiger partial charge in [-0.2, -0.15) is 0 Å². The summed E-state index contributed by atoms with van der Waals surface area (Å²) < 4.78 is 10.0. The zero-order valence-electron chi connectivity index (χ0n) is 12.9. The Balaban J connectivity index is 1.97. The van der Waals surface area contributed by atoms with E-state index in [0.717, 1.165) is 25.9 Å². The summed E-state index contributed by atoms with van der Waals surface area (Å²) in [7, 11) is 3.02. The van der Waals surface area contributed by atoms with Crippen molar-refractivity contribution in [3.05, 3.63) is 0 Å². The molecule has 0 spiro atoms. The van der Waals surface area contributed by atoms with Gasteiger partial charge >= 0.3 is 6.09 Å². The van der Waals surface area contributed by atoms with Gasteiger partial charge in [-0.15, -0.1) is 0 Å². The van der Waals surface area contributed by atoms with Gasteiger partial charge in [0.2, 0.25) is 5.91 Å². The highest BCUT2D eigenvalue weighted by molar-refractivity contribution is 5.83. The van der Waals surface area contributed by atoms with Gasteiger partial charge in [-0.3, -0.25) is 4.79 Å². The van der Waals surface area contributed by atoms with Crippen molar-refractivity contribution in [3.63, 3.8) is 0 Å². The second-order valence-electron chi connectivity index (χ2n) is 5.71. The highest BCUT2D eigenvalue weighted by Crippen LogP contribution is 2.32. The van der Waals surface area contributed by atoms with Crippen molar-refractivity contribution in [1.82, 2.24) is 15.1 Å². The van der Waals surface area contributed by atoms with Gasteiger partial charge in [-0.25, -0.2) is 4.79 Å². The predicted molar refractivity (Wildman–Crippen MR) is 77.0 cm³/mol. The maximum Gasteiger partial charge on any atom is 0.409 e. The van der Waals surface area contributed by atoms with Crippen molar-refractivity contribution in [3.8, 4) is 0 Å². The molecule has 0 unspecified atom stereocenters. The van der Waals surface area contributed by atoms with Gasteiger partial charge in [-0.1, -0.05) is 0 Å². The lowest BCUT2D eigenvalue weighted by atomic mass is 9.78. The number of methoxy groups -OCH3 is 2. The Morgan fingerprint density at radius 2 is 1.62 bits per heavy atom. The molecule has 1 N–H and O–H groups in total. The van der Waals surface area contributed by atoms with Crippen LogP contribution in [0.15, 0.2) is 0 Å². The van der Waals surface area contributed by atoms with E-state index >= 15 is 0 Å². The molecule has 0 aromatic rings. The number of nitrogens with zero attached hydrogens (tertiary/aromatic N) is 2. The number of ether oxygens (including phenoxy) is 2. The molecule has 2 rings (SSSR count). The molecule has 7 heteroatoms. The van der Waals surface area contributed by atoms with Crippen LogP contribution in [0.1, 0.15) is 12.8 Å². The lowest BCUT2D eigenvalue weighted by Gasteiger charge is -2.42. The van der Waals surface area contributed by atoms with E-state index in [0.29, 0.717) is 32.8 Å². The molecule has 0 aromatic carbocycles. The number of piperidine rings is 1. The Labute approximate surface area is 125 Å². The van der Waals surface area contributed by atoms with Crippen molar-refractivity contribution in [1.29, 1.82) is 0 Å². The second-order valence-corrected chi connectivity index (χ2v) is 5.71. The Morgan fingerprint density at radius 3 is 2.14 bits per heavy atom. The lowest BCUT2D eigenvalue weighted by molar-refractivity contribution is -0.149. The molecule has 7 nitrogen and oxygen atoms in total. The van der Waals surface area contributed by atoms with Crippen LogP contribution >= 0.6 is 0 Å². The zero-order valence-corrected chi connectivity index (χ0v) is 12.9. The Hall–Kier alpha value is -1.34. The molecule has 21 heavy (non-hydrogen) atoms. The number of hydrogen-bond donors (Lipinski definition) is 1. The summed E-state index contributed by atoms with van der Waals surface area (Å²) in [5, 5.41) is 3.29. The quantitative estimate of drug-likeness (QED) is 0.789. The minimum Gasteiger partial charge on any atom is -0.453 e. The Bertz CT molecular complexity index is 369. The zero-order chi connectivity index (χ0) is 15.3. The summed E-state index contributed by atoms with van der Waals surface area (Å²) in [4.78, 5) is 27.9. The predicted octanol–water partition coefficient (Wildman–Crippen LogP) is -0.0868. The van der Waals surface area contributed by atoms with E-state index in [1.54, 1.807) is 12.0 Å². The normalized spacial score (nSPS) is 22.0. The molecule has 2 aliphatic rings. The number of amides is 2. The summed E-state index contributed by atoms with van der Waals surface area (Å²) in [5.74, 6) is 0.162. The Kier molecular flexibility index (Phi) is 5.41. The fourth-order valence-corrected chi connectivity index (χ4v) is 3.16. The van der Waals surface area contributed by atoms with E-state index < -0.39 is 5.41 Å². The van der Waals surface area contributed by atoms with Crippen molar-refractivity contribution in [2.45, 2.75) is 12.8 Å². The first-order chi connectivity index (χ1) is 10.1. The summed E-state index contributed by atoms with van der Waals surface area (Å²) in [5.41, 5.74) is -0.409. The number of rotatable bonds is 3. The van der Waals surface area contributed by atoms with E-state index in [1.165, 1.54) is 7.11 Å². The summed E-state index contributed by atoms with van der Waals surface area (Å²) in [6.07, 6.45) is 1.28. The van der Waals surface area contributed by atoms with E-state index in [2.05, 4.69) is 5.32 Å². The lowest BCUT2D eigenvalue weighted by Crippen LogP contribution is -2.57. The molecule has 0 aliphatic carbocycles. The molecule has 120 valence electrons. The topological polar surface area (TPSA) is 71.1 Å². The molecule has 0 bridgehead atoms. The number of nitrogens with one attached hydrogen (secondary N) is 1. The van der Waals surface area contributed by atoms with Crippen molar-refractivity contribution < 1.29 is 19.1 Å². The largest absolute Gasteiger partial charge is 0.453 e. The maximum atomic E-state index is 12.9. The van der Waals surface area contributed by atoms with Gasteiger partial charge in [-0.05, 0) is 25.9 Å². The smallest absolute Gasteiger partial charge is 0.409 e. The van der Waals surface area contributed by atoms with E-state index in [-0.39, 0.29) is 12.0 Å². The minimum atomic E-state index is -0.409. The van der Waals surface area contributed by atoms with Gasteiger partial charge in [0, 0.05) is 33.3 Å². The van der Waals surface area contributed by atoms with Crippen LogP contribution in [0.5, 0.6) is 0 Å². The van der Waals surface area contributed by atoms with Crippen LogP contribution in [0.25, 0.3) is 0 Å².